The van der Waals surface area contributed by atoms with Gasteiger partial charge in [0.25, 0.3) is 0 Å². The first-order chi connectivity index (χ1) is 6.04. The summed E-state index contributed by atoms with van der Waals surface area (Å²) < 4.78 is 0. The van der Waals surface area contributed by atoms with Crippen molar-refractivity contribution in [2.75, 3.05) is 11.5 Å². The summed E-state index contributed by atoms with van der Waals surface area (Å²) in [5.74, 6) is 2.57. The highest BCUT2D eigenvalue weighted by atomic mass is 32.2. The fourth-order valence-corrected chi connectivity index (χ4v) is 3.03. The van der Waals surface area contributed by atoms with Gasteiger partial charge in [0, 0.05) is 11.8 Å². The van der Waals surface area contributed by atoms with Crippen molar-refractivity contribution in [2.45, 2.75) is 44.8 Å². The molecule has 0 aromatic carbocycles. The van der Waals surface area contributed by atoms with Crippen LogP contribution in [0.3, 0.4) is 0 Å². The van der Waals surface area contributed by atoms with Crippen LogP contribution in [-0.2, 0) is 0 Å². The van der Waals surface area contributed by atoms with Crippen LogP contribution in [0, 0.1) is 5.92 Å². The van der Waals surface area contributed by atoms with E-state index in [1.807, 2.05) is 11.8 Å². The number of nitrogens with two attached hydrogens (primary N) is 1. The molecular formula is C10H21NOS. The van der Waals surface area contributed by atoms with Gasteiger partial charge in [0.2, 0.25) is 0 Å². The van der Waals surface area contributed by atoms with Crippen LogP contribution in [0.4, 0.5) is 0 Å². The summed E-state index contributed by atoms with van der Waals surface area (Å²) in [5.41, 5.74) is 5.43. The Bertz CT molecular complexity index is 155. The maximum atomic E-state index is 10.2. The maximum absolute atomic E-state index is 10.2. The predicted molar refractivity (Wildman–Crippen MR) is 58.9 cm³/mol. The molecule has 3 heteroatoms. The monoisotopic (exact) mass is 203 g/mol. The topological polar surface area (TPSA) is 46.2 Å². The Kier molecular flexibility index (Phi) is 4.07. The number of hydrogen-bond donors (Lipinski definition) is 2. The fraction of sp³-hybridized carbons (Fsp3) is 1.00. The highest BCUT2D eigenvalue weighted by Crippen LogP contribution is 2.30. The van der Waals surface area contributed by atoms with Crippen LogP contribution >= 0.6 is 11.8 Å². The first-order valence-corrected chi connectivity index (χ1v) is 6.26. The highest BCUT2D eigenvalue weighted by Gasteiger charge is 2.35. The zero-order valence-electron chi connectivity index (χ0n) is 8.62. The van der Waals surface area contributed by atoms with E-state index in [1.165, 1.54) is 5.75 Å². The van der Waals surface area contributed by atoms with Crippen molar-refractivity contribution in [1.82, 2.24) is 0 Å². The van der Waals surface area contributed by atoms with Gasteiger partial charge in [-0.05, 0) is 30.9 Å². The second-order valence-electron chi connectivity index (χ2n) is 4.50. The van der Waals surface area contributed by atoms with Crippen molar-refractivity contribution in [3.63, 3.8) is 0 Å². The van der Waals surface area contributed by atoms with Gasteiger partial charge in [0.15, 0.2) is 0 Å². The molecule has 78 valence electrons. The molecule has 0 radical (unpaired) electrons. The summed E-state index contributed by atoms with van der Waals surface area (Å²) in [4.78, 5) is 0. The van der Waals surface area contributed by atoms with E-state index in [9.17, 15) is 5.11 Å². The predicted octanol–water partition coefficient (Wildman–Crippen LogP) is 1.62. The smallest absolute Gasteiger partial charge is 0.0888 e. The lowest BCUT2D eigenvalue weighted by Crippen LogP contribution is -2.52. The van der Waals surface area contributed by atoms with E-state index in [-0.39, 0.29) is 6.04 Å². The van der Waals surface area contributed by atoms with Crippen LogP contribution in [-0.4, -0.2) is 28.3 Å². The maximum Gasteiger partial charge on any atom is 0.0888 e. The van der Waals surface area contributed by atoms with Gasteiger partial charge >= 0.3 is 0 Å². The summed E-state index contributed by atoms with van der Waals surface area (Å²) >= 11 is 1.83. The van der Waals surface area contributed by atoms with Crippen molar-refractivity contribution in [3.8, 4) is 0 Å². The lowest BCUT2D eigenvalue weighted by Gasteiger charge is -2.37. The van der Waals surface area contributed by atoms with Crippen LogP contribution in [0.25, 0.3) is 0 Å². The van der Waals surface area contributed by atoms with Gasteiger partial charge in [-0.15, -0.1) is 0 Å². The van der Waals surface area contributed by atoms with Crippen molar-refractivity contribution in [1.29, 1.82) is 0 Å². The van der Waals surface area contributed by atoms with Crippen molar-refractivity contribution in [2.24, 2.45) is 11.7 Å². The number of rotatable bonds is 3. The minimum Gasteiger partial charge on any atom is -0.387 e. The lowest BCUT2D eigenvalue weighted by molar-refractivity contribution is 0.0196. The molecule has 0 bridgehead atoms. The number of hydrogen-bond acceptors (Lipinski definition) is 3. The number of thioether (sulfide) groups is 1. The van der Waals surface area contributed by atoms with Crippen LogP contribution in [0.1, 0.15) is 33.1 Å². The van der Waals surface area contributed by atoms with Crippen LogP contribution in [0.2, 0.25) is 0 Å². The zero-order chi connectivity index (χ0) is 9.90. The van der Waals surface area contributed by atoms with Gasteiger partial charge in [-0.2, -0.15) is 11.8 Å². The van der Waals surface area contributed by atoms with E-state index >= 15 is 0 Å². The standard InChI is InChI=1S/C10H21NOS/c1-8(2)6-9(11)10(12)4-3-5-13-7-10/h8-9,12H,3-7,11H2,1-2H3. The molecule has 0 saturated carbocycles. The molecule has 13 heavy (non-hydrogen) atoms. The molecule has 1 heterocycles. The SMILES string of the molecule is CC(C)CC(N)C1(O)CCCSC1. The molecule has 0 aromatic heterocycles. The average molecular weight is 203 g/mol. The molecule has 0 aromatic rings. The Balaban J connectivity index is 2.46. The van der Waals surface area contributed by atoms with Gasteiger partial charge < -0.3 is 10.8 Å². The molecule has 0 spiro atoms. The molecule has 1 rings (SSSR count). The summed E-state index contributed by atoms with van der Waals surface area (Å²) in [7, 11) is 0. The van der Waals surface area contributed by atoms with Gasteiger partial charge in [0.05, 0.1) is 5.60 Å². The molecular weight excluding hydrogens is 182 g/mol. The van der Waals surface area contributed by atoms with Crippen molar-refractivity contribution in [3.05, 3.63) is 0 Å². The summed E-state index contributed by atoms with van der Waals surface area (Å²) in [6, 6.07) is -0.0414. The molecule has 0 aliphatic carbocycles. The number of aliphatic hydroxyl groups is 1. The molecule has 1 aliphatic rings. The van der Waals surface area contributed by atoms with Gasteiger partial charge in [-0.3, -0.25) is 0 Å². The molecule has 2 nitrogen and oxygen atoms in total. The van der Waals surface area contributed by atoms with Gasteiger partial charge in [0.1, 0.15) is 0 Å². The Hall–Kier alpha value is 0.270. The van der Waals surface area contributed by atoms with Gasteiger partial charge in [-0.25, -0.2) is 0 Å². The minimum atomic E-state index is -0.590. The largest absolute Gasteiger partial charge is 0.387 e. The van der Waals surface area contributed by atoms with E-state index in [2.05, 4.69) is 13.8 Å². The molecule has 0 amide bonds. The van der Waals surface area contributed by atoms with E-state index in [1.54, 1.807) is 0 Å². The molecule has 3 N–H and O–H groups in total. The first-order valence-electron chi connectivity index (χ1n) is 5.10. The third-order valence-electron chi connectivity index (χ3n) is 2.67. The molecule has 1 fully saturated rings. The lowest BCUT2D eigenvalue weighted by atomic mass is 9.86. The van der Waals surface area contributed by atoms with E-state index < -0.39 is 5.60 Å². The third-order valence-corrected chi connectivity index (χ3v) is 3.95. The summed E-state index contributed by atoms with van der Waals surface area (Å²) in [6.45, 7) is 4.30. The van der Waals surface area contributed by atoms with E-state index in [0.29, 0.717) is 5.92 Å². The second kappa shape index (κ2) is 4.67. The van der Waals surface area contributed by atoms with Crippen LogP contribution in [0.15, 0.2) is 0 Å². The molecule has 2 atom stereocenters. The third kappa shape index (κ3) is 3.15. The van der Waals surface area contributed by atoms with Crippen molar-refractivity contribution < 1.29 is 5.11 Å². The molecule has 2 unspecified atom stereocenters. The van der Waals surface area contributed by atoms with Crippen molar-refractivity contribution >= 4 is 11.8 Å². The van der Waals surface area contributed by atoms with Gasteiger partial charge in [-0.1, -0.05) is 13.8 Å². The average Bonchev–Trinajstić information content (AvgIpc) is 2.04. The Morgan fingerprint density at radius 2 is 2.23 bits per heavy atom. The second-order valence-corrected chi connectivity index (χ2v) is 5.60. The molecule has 1 aliphatic heterocycles. The fourth-order valence-electron chi connectivity index (χ4n) is 1.82. The van der Waals surface area contributed by atoms with E-state index in [4.69, 9.17) is 5.73 Å². The molecule has 1 saturated heterocycles. The normalized spacial score (nSPS) is 32.1. The van der Waals surface area contributed by atoms with E-state index in [0.717, 1.165) is 25.0 Å². The summed E-state index contributed by atoms with van der Waals surface area (Å²) in [5, 5.41) is 10.2. The Morgan fingerprint density at radius 3 is 2.69 bits per heavy atom. The zero-order valence-corrected chi connectivity index (χ0v) is 9.44. The first kappa shape index (κ1) is 11.3. The Labute approximate surface area is 85.3 Å². The quantitative estimate of drug-likeness (QED) is 0.732. The minimum absolute atomic E-state index is 0.0414. The summed E-state index contributed by atoms with van der Waals surface area (Å²) in [6.07, 6.45) is 2.91. The highest BCUT2D eigenvalue weighted by molar-refractivity contribution is 7.99. The van der Waals surface area contributed by atoms with Crippen LogP contribution in [0.5, 0.6) is 0 Å². The Morgan fingerprint density at radius 1 is 1.54 bits per heavy atom. The van der Waals surface area contributed by atoms with Crippen LogP contribution < -0.4 is 5.73 Å².